The number of nitrogens with one attached hydrogen (secondary N) is 1. The summed E-state index contributed by atoms with van der Waals surface area (Å²) < 4.78 is 0. The van der Waals surface area contributed by atoms with E-state index in [2.05, 4.69) is 16.8 Å². The molecule has 0 bridgehead atoms. The van der Waals surface area contributed by atoms with E-state index in [0.717, 1.165) is 32.0 Å². The Morgan fingerprint density at radius 1 is 1.41 bits per heavy atom. The van der Waals surface area contributed by atoms with Crippen LogP contribution in [0.15, 0.2) is 12.7 Å². The zero-order chi connectivity index (χ0) is 12.3. The number of nitrogens with zero attached hydrogens (tertiary/aromatic N) is 1. The van der Waals surface area contributed by atoms with Crippen molar-refractivity contribution in [2.75, 3.05) is 13.1 Å². The van der Waals surface area contributed by atoms with E-state index in [4.69, 9.17) is 5.73 Å². The summed E-state index contributed by atoms with van der Waals surface area (Å²) >= 11 is 0. The minimum Gasteiger partial charge on any atom is -0.352 e. The first kappa shape index (κ1) is 12.6. The standard InChI is InChI=1S/C13H23N3O/c1-2-3-12(14)13(17)15-10-6-8-16(9-7-10)11-4-5-11/h2,10-12H,1,3-9,14H2,(H,15,17). The first-order valence-electron chi connectivity index (χ1n) is 6.61. The largest absolute Gasteiger partial charge is 0.352 e. The number of hydrogen-bond donors (Lipinski definition) is 2. The van der Waals surface area contributed by atoms with Gasteiger partial charge in [0.05, 0.1) is 6.04 Å². The second kappa shape index (κ2) is 5.65. The topological polar surface area (TPSA) is 58.4 Å². The highest BCUT2D eigenvalue weighted by Gasteiger charge is 2.32. The summed E-state index contributed by atoms with van der Waals surface area (Å²) in [4.78, 5) is 14.3. The molecule has 2 aliphatic rings. The maximum atomic E-state index is 11.7. The lowest BCUT2D eigenvalue weighted by Gasteiger charge is -2.32. The van der Waals surface area contributed by atoms with Gasteiger partial charge in [0.15, 0.2) is 0 Å². The highest BCUT2D eigenvalue weighted by Crippen LogP contribution is 2.29. The number of carbonyl (C=O) groups excluding carboxylic acids is 1. The molecule has 96 valence electrons. The Kier molecular flexibility index (Phi) is 4.18. The van der Waals surface area contributed by atoms with Crippen LogP contribution in [0.4, 0.5) is 0 Å². The molecule has 1 aliphatic heterocycles. The molecule has 17 heavy (non-hydrogen) atoms. The molecule has 1 atom stereocenters. The number of carbonyl (C=O) groups is 1. The van der Waals surface area contributed by atoms with Crippen molar-refractivity contribution in [1.29, 1.82) is 0 Å². The van der Waals surface area contributed by atoms with Gasteiger partial charge in [-0.3, -0.25) is 4.79 Å². The molecule has 0 aromatic heterocycles. The third-order valence-corrected chi connectivity index (χ3v) is 3.70. The van der Waals surface area contributed by atoms with Crippen LogP contribution in [0, 0.1) is 0 Å². The molecular weight excluding hydrogens is 214 g/mol. The summed E-state index contributed by atoms with van der Waals surface area (Å²) in [6, 6.07) is 0.719. The van der Waals surface area contributed by atoms with Crippen LogP contribution in [0.25, 0.3) is 0 Å². The number of hydrogen-bond acceptors (Lipinski definition) is 3. The number of piperidine rings is 1. The molecule has 1 saturated heterocycles. The van der Waals surface area contributed by atoms with E-state index >= 15 is 0 Å². The van der Waals surface area contributed by atoms with Gasteiger partial charge in [0.1, 0.15) is 0 Å². The fourth-order valence-electron chi connectivity index (χ4n) is 2.44. The van der Waals surface area contributed by atoms with Crippen molar-refractivity contribution in [2.45, 2.75) is 50.2 Å². The first-order chi connectivity index (χ1) is 8.20. The SMILES string of the molecule is C=CCC(N)C(=O)NC1CCN(C2CC2)CC1. The van der Waals surface area contributed by atoms with Crippen molar-refractivity contribution in [3.63, 3.8) is 0 Å². The molecule has 0 aromatic carbocycles. The van der Waals surface area contributed by atoms with Gasteiger partial charge in [0, 0.05) is 25.2 Å². The lowest BCUT2D eigenvalue weighted by atomic mass is 10.0. The minimum atomic E-state index is -0.436. The highest BCUT2D eigenvalue weighted by atomic mass is 16.2. The van der Waals surface area contributed by atoms with Gasteiger partial charge in [-0.15, -0.1) is 6.58 Å². The molecule has 1 unspecified atom stereocenters. The van der Waals surface area contributed by atoms with Crippen LogP contribution in [0.1, 0.15) is 32.1 Å². The van der Waals surface area contributed by atoms with E-state index in [1.807, 2.05) is 0 Å². The molecule has 2 fully saturated rings. The lowest BCUT2D eigenvalue weighted by molar-refractivity contribution is -0.123. The molecular formula is C13H23N3O. The van der Waals surface area contributed by atoms with Crippen LogP contribution in [0.2, 0.25) is 0 Å². The highest BCUT2D eigenvalue weighted by molar-refractivity contribution is 5.81. The summed E-state index contributed by atoms with van der Waals surface area (Å²) in [6.45, 7) is 5.83. The average molecular weight is 237 g/mol. The van der Waals surface area contributed by atoms with E-state index in [1.54, 1.807) is 6.08 Å². The summed E-state index contributed by atoms with van der Waals surface area (Å²) in [5.41, 5.74) is 5.74. The summed E-state index contributed by atoms with van der Waals surface area (Å²) in [7, 11) is 0. The fourth-order valence-corrected chi connectivity index (χ4v) is 2.44. The minimum absolute atomic E-state index is 0.0326. The van der Waals surface area contributed by atoms with Gasteiger partial charge in [-0.05, 0) is 32.1 Å². The van der Waals surface area contributed by atoms with E-state index in [1.165, 1.54) is 12.8 Å². The Morgan fingerprint density at radius 2 is 2.06 bits per heavy atom. The van der Waals surface area contributed by atoms with Crippen molar-refractivity contribution < 1.29 is 4.79 Å². The molecule has 2 rings (SSSR count). The van der Waals surface area contributed by atoms with E-state index in [-0.39, 0.29) is 5.91 Å². The van der Waals surface area contributed by atoms with Crippen LogP contribution >= 0.6 is 0 Å². The number of amides is 1. The smallest absolute Gasteiger partial charge is 0.237 e. The summed E-state index contributed by atoms with van der Waals surface area (Å²) in [6.07, 6.45) is 7.08. The monoisotopic (exact) mass is 237 g/mol. The molecule has 4 heteroatoms. The van der Waals surface area contributed by atoms with Gasteiger partial charge in [-0.25, -0.2) is 0 Å². The van der Waals surface area contributed by atoms with Gasteiger partial charge in [-0.2, -0.15) is 0 Å². The van der Waals surface area contributed by atoms with E-state index in [9.17, 15) is 4.79 Å². The van der Waals surface area contributed by atoms with E-state index < -0.39 is 6.04 Å². The lowest BCUT2D eigenvalue weighted by Crippen LogP contribution is -2.49. The predicted molar refractivity (Wildman–Crippen MR) is 68.5 cm³/mol. The van der Waals surface area contributed by atoms with Crippen LogP contribution in [-0.2, 0) is 4.79 Å². The van der Waals surface area contributed by atoms with Crippen molar-refractivity contribution in [2.24, 2.45) is 5.73 Å². The zero-order valence-electron chi connectivity index (χ0n) is 10.4. The number of likely N-dealkylation sites (tertiary alicyclic amines) is 1. The zero-order valence-corrected chi connectivity index (χ0v) is 10.4. The molecule has 1 aliphatic carbocycles. The Morgan fingerprint density at radius 3 is 2.59 bits per heavy atom. The number of nitrogens with two attached hydrogens (primary N) is 1. The van der Waals surface area contributed by atoms with Gasteiger partial charge in [0.25, 0.3) is 0 Å². The van der Waals surface area contributed by atoms with Gasteiger partial charge in [0.2, 0.25) is 5.91 Å². The van der Waals surface area contributed by atoms with Gasteiger partial charge >= 0.3 is 0 Å². The predicted octanol–water partition coefficient (Wildman–Crippen LogP) is 0.633. The number of rotatable bonds is 5. The Labute approximate surface area is 103 Å². The van der Waals surface area contributed by atoms with Gasteiger partial charge < -0.3 is 16.0 Å². The third-order valence-electron chi connectivity index (χ3n) is 3.70. The maximum absolute atomic E-state index is 11.7. The summed E-state index contributed by atoms with van der Waals surface area (Å²) in [5.74, 6) is -0.0326. The van der Waals surface area contributed by atoms with Crippen molar-refractivity contribution >= 4 is 5.91 Å². The summed E-state index contributed by atoms with van der Waals surface area (Å²) in [5, 5.41) is 3.04. The van der Waals surface area contributed by atoms with Crippen LogP contribution in [-0.4, -0.2) is 42.0 Å². The van der Waals surface area contributed by atoms with Crippen LogP contribution in [0.5, 0.6) is 0 Å². The second-order valence-electron chi connectivity index (χ2n) is 5.18. The molecule has 1 heterocycles. The van der Waals surface area contributed by atoms with Crippen molar-refractivity contribution in [3.8, 4) is 0 Å². The third kappa shape index (κ3) is 3.54. The van der Waals surface area contributed by atoms with Crippen LogP contribution < -0.4 is 11.1 Å². The maximum Gasteiger partial charge on any atom is 0.237 e. The van der Waals surface area contributed by atoms with Crippen molar-refractivity contribution in [1.82, 2.24) is 10.2 Å². The van der Waals surface area contributed by atoms with Crippen molar-refractivity contribution in [3.05, 3.63) is 12.7 Å². The molecule has 1 amide bonds. The second-order valence-corrected chi connectivity index (χ2v) is 5.18. The molecule has 1 saturated carbocycles. The molecule has 0 aromatic rings. The quantitative estimate of drug-likeness (QED) is 0.690. The molecule has 4 nitrogen and oxygen atoms in total. The Hall–Kier alpha value is -0.870. The fraction of sp³-hybridized carbons (Fsp3) is 0.769. The van der Waals surface area contributed by atoms with Crippen LogP contribution in [0.3, 0.4) is 0 Å². The average Bonchev–Trinajstić information content (AvgIpc) is 3.14. The van der Waals surface area contributed by atoms with E-state index in [0.29, 0.717) is 12.5 Å². The van der Waals surface area contributed by atoms with Gasteiger partial charge in [-0.1, -0.05) is 6.08 Å². The first-order valence-corrected chi connectivity index (χ1v) is 6.61. The molecule has 0 radical (unpaired) electrons. The Balaban J connectivity index is 1.69. The molecule has 3 N–H and O–H groups in total. The normalized spacial score (nSPS) is 24.3. The molecule has 0 spiro atoms. The Bertz CT molecular complexity index is 280.